The number of rotatable bonds is 6. The Hall–Kier alpha value is -1.51. The highest BCUT2D eigenvalue weighted by molar-refractivity contribution is 5.68. The molecule has 0 heterocycles. The summed E-state index contributed by atoms with van der Waals surface area (Å²) in [5, 5.41) is 0. The molecular weight excluding hydrogens is 358 g/mol. The van der Waals surface area contributed by atoms with E-state index in [1.54, 1.807) is 4.90 Å². The van der Waals surface area contributed by atoms with Gasteiger partial charge < -0.3 is 9.64 Å². The fraction of sp³-hybridized carbons (Fsp3) is 0.731. The summed E-state index contributed by atoms with van der Waals surface area (Å²) in [6, 6.07) is 9.45. The first-order chi connectivity index (χ1) is 13.1. The van der Waals surface area contributed by atoms with Crippen LogP contribution in [0.2, 0.25) is 0 Å². The first-order valence-electron chi connectivity index (χ1n) is 11.2. The maximum atomic E-state index is 12.3. The molecule has 0 saturated heterocycles. The van der Waals surface area contributed by atoms with Gasteiger partial charge in [-0.3, -0.25) is 0 Å². The van der Waals surface area contributed by atoms with Gasteiger partial charge in [-0.2, -0.15) is 0 Å². The molecule has 0 unspecified atom stereocenters. The van der Waals surface area contributed by atoms with Crippen molar-refractivity contribution in [3.8, 4) is 0 Å². The van der Waals surface area contributed by atoms with Crippen LogP contribution in [0.25, 0.3) is 0 Å². The van der Waals surface area contributed by atoms with Crippen molar-refractivity contribution in [3.05, 3.63) is 35.4 Å². The lowest BCUT2D eigenvalue weighted by Gasteiger charge is -2.44. The smallest absolute Gasteiger partial charge is 0.410 e. The Bertz CT molecular complexity index is 687. The van der Waals surface area contributed by atoms with E-state index in [1.807, 2.05) is 27.8 Å². The van der Waals surface area contributed by atoms with Gasteiger partial charge in [-0.1, -0.05) is 58.9 Å². The summed E-state index contributed by atoms with van der Waals surface area (Å²) in [6.45, 7) is 17.4. The number of amides is 1. The number of benzene rings is 1. The van der Waals surface area contributed by atoms with Crippen LogP contribution >= 0.6 is 0 Å². The lowest BCUT2D eigenvalue weighted by Crippen LogP contribution is -2.48. The Morgan fingerprint density at radius 3 is 2.07 bits per heavy atom. The fourth-order valence-corrected chi connectivity index (χ4v) is 4.53. The van der Waals surface area contributed by atoms with Crippen LogP contribution in [0.4, 0.5) is 4.79 Å². The van der Waals surface area contributed by atoms with Crippen LogP contribution in [-0.4, -0.2) is 29.7 Å². The molecular formula is C26H43NO2. The fourth-order valence-electron chi connectivity index (χ4n) is 4.53. The second-order valence-electron chi connectivity index (χ2n) is 12.2. The van der Waals surface area contributed by atoms with Crippen molar-refractivity contribution < 1.29 is 9.53 Å². The molecule has 1 amide bonds. The van der Waals surface area contributed by atoms with E-state index in [-0.39, 0.29) is 11.5 Å². The van der Waals surface area contributed by atoms with Gasteiger partial charge in [0, 0.05) is 13.1 Å². The zero-order chi connectivity index (χ0) is 22.0. The molecule has 1 aliphatic rings. The third kappa shape index (κ3) is 8.03. The van der Waals surface area contributed by atoms with Crippen LogP contribution in [0.1, 0.15) is 85.8 Å². The zero-order valence-electron chi connectivity index (χ0n) is 20.3. The van der Waals surface area contributed by atoms with Crippen molar-refractivity contribution in [3.63, 3.8) is 0 Å². The molecule has 3 nitrogen and oxygen atoms in total. The Kier molecular flexibility index (Phi) is 7.13. The Morgan fingerprint density at radius 1 is 1.00 bits per heavy atom. The number of carbonyl (C=O) groups is 1. The third-order valence-electron chi connectivity index (χ3n) is 5.69. The second kappa shape index (κ2) is 8.70. The van der Waals surface area contributed by atoms with Crippen LogP contribution < -0.4 is 0 Å². The average Bonchev–Trinajstić information content (AvgIpc) is 2.46. The minimum atomic E-state index is -0.433. The molecule has 3 heteroatoms. The van der Waals surface area contributed by atoms with Crippen LogP contribution in [0.15, 0.2) is 24.3 Å². The first kappa shape index (κ1) is 23.8. The Labute approximate surface area is 179 Å². The van der Waals surface area contributed by atoms with Gasteiger partial charge in [0.25, 0.3) is 0 Å². The van der Waals surface area contributed by atoms with Crippen molar-refractivity contribution in [1.29, 1.82) is 0 Å². The minimum absolute atomic E-state index is 0.198. The Morgan fingerprint density at radius 2 is 1.55 bits per heavy atom. The van der Waals surface area contributed by atoms with Crippen LogP contribution in [0, 0.1) is 16.7 Å². The zero-order valence-corrected chi connectivity index (χ0v) is 20.3. The van der Waals surface area contributed by atoms with Crippen molar-refractivity contribution in [2.24, 2.45) is 16.7 Å². The van der Waals surface area contributed by atoms with E-state index in [0.717, 1.165) is 25.7 Å². The van der Waals surface area contributed by atoms with Gasteiger partial charge in [-0.25, -0.2) is 4.79 Å². The second-order valence-corrected chi connectivity index (χ2v) is 12.2. The van der Waals surface area contributed by atoms with Crippen LogP contribution in [-0.2, 0) is 17.6 Å². The van der Waals surface area contributed by atoms with Gasteiger partial charge in [0.1, 0.15) is 5.60 Å². The Balaban J connectivity index is 1.85. The van der Waals surface area contributed by atoms with E-state index < -0.39 is 5.60 Å². The predicted molar refractivity (Wildman–Crippen MR) is 122 cm³/mol. The SMILES string of the molecule is CN(C(=O)OC(C)(C)C)C1CC(CC(C)(C)Cc2cccc(CC(C)(C)C)c2)C1. The molecule has 0 spiro atoms. The molecule has 0 atom stereocenters. The van der Waals surface area contributed by atoms with Crippen LogP contribution in [0.3, 0.4) is 0 Å². The lowest BCUT2D eigenvalue weighted by molar-refractivity contribution is 0.00231. The van der Waals surface area contributed by atoms with Crippen molar-refractivity contribution >= 4 is 6.09 Å². The highest BCUT2D eigenvalue weighted by atomic mass is 16.6. The molecule has 2 rings (SSSR count). The topological polar surface area (TPSA) is 29.5 Å². The summed E-state index contributed by atoms with van der Waals surface area (Å²) in [7, 11) is 1.88. The number of hydrogen-bond donors (Lipinski definition) is 0. The standard InChI is InChI=1S/C26H43NO2/c1-24(2,3)16-19-11-10-12-20(13-19)17-26(7,8)18-21-14-22(15-21)27(9)23(28)29-25(4,5)6/h10-13,21-22H,14-18H2,1-9H3. The highest BCUT2D eigenvalue weighted by Gasteiger charge is 2.38. The molecule has 1 saturated carbocycles. The summed E-state index contributed by atoms with van der Waals surface area (Å²) in [5.41, 5.74) is 3.03. The maximum Gasteiger partial charge on any atom is 0.410 e. The van der Waals surface area contributed by atoms with Gasteiger partial charge in [0.2, 0.25) is 0 Å². The summed E-state index contributed by atoms with van der Waals surface area (Å²) in [5.74, 6) is 0.692. The molecule has 29 heavy (non-hydrogen) atoms. The molecule has 1 aromatic carbocycles. The van der Waals surface area contributed by atoms with Gasteiger partial charge in [0.15, 0.2) is 0 Å². The molecule has 1 aliphatic carbocycles. The van der Waals surface area contributed by atoms with Gasteiger partial charge in [-0.05, 0) is 80.8 Å². The van der Waals surface area contributed by atoms with E-state index in [4.69, 9.17) is 4.74 Å². The third-order valence-corrected chi connectivity index (χ3v) is 5.69. The molecule has 0 bridgehead atoms. The van der Waals surface area contributed by atoms with Crippen molar-refractivity contribution in [2.45, 2.75) is 99.1 Å². The first-order valence-corrected chi connectivity index (χ1v) is 11.2. The monoisotopic (exact) mass is 401 g/mol. The number of carbonyl (C=O) groups excluding carboxylic acids is 1. The maximum absolute atomic E-state index is 12.3. The normalized spacial score (nSPS) is 20.2. The van der Waals surface area contributed by atoms with Gasteiger partial charge >= 0.3 is 6.09 Å². The van der Waals surface area contributed by atoms with E-state index >= 15 is 0 Å². The summed E-state index contributed by atoms with van der Waals surface area (Å²) in [4.78, 5) is 14.1. The quantitative estimate of drug-likeness (QED) is 0.520. The molecule has 0 N–H and O–H groups in total. The summed E-state index contributed by atoms with van der Waals surface area (Å²) in [6.07, 6.45) is 5.40. The average molecular weight is 402 g/mol. The molecule has 0 aromatic heterocycles. The molecule has 164 valence electrons. The van der Waals surface area contributed by atoms with Crippen molar-refractivity contribution in [1.82, 2.24) is 4.90 Å². The predicted octanol–water partition coefficient (Wildman–Crippen LogP) is 6.88. The number of nitrogens with zero attached hydrogens (tertiary/aromatic N) is 1. The van der Waals surface area contributed by atoms with Gasteiger partial charge in [-0.15, -0.1) is 0 Å². The molecule has 0 aliphatic heterocycles. The molecule has 1 aromatic rings. The van der Waals surface area contributed by atoms with Gasteiger partial charge in [0.05, 0.1) is 0 Å². The largest absolute Gasteiger partial charge is 0.444 e. The van der Waals surface area contributed by atoms with E-state index in [2.05, 4.69) is 58.9 Å². The minimum Gasteiger partial charge on any atom is -0.444 e. The van der Waals surface area contributed by atoms with E-state index in [1.165, 1.54) is 17.5 Å². The van der Waals surface area contributed by atoms with Crippen molar-refractivity contribution in [2.75, 3.05) is 7.05 Å². The summed E-state index contributed by atoms with van der Waals surface area (Å²) >= 11 is 0. The molecule has 0 radical (unpaired) electrons. The highest BCUT2D eigenvalue weighted by Crippen LogP contribution is 2.41. The number of ether oxygens (including phenoxy) is 1. The van der Waals surface area contributed by atoms with E-state index in [9.17, 15) is 4.79 Å². The van der Waals surface area contributed by atoms with Crippen LogP contribution in [0.5, 0.6) is 0 Å². The number of hydrogen-bond acceptors (Lipinski definition) is 2. The summed E-state index contributed by atoms with van der Waals surface area (Å²) < 4.78 is 5.50. The molecule has 1 fully saturated rings. The lowest BCUT2D eigenvalue weighted by atomic mass is 9.69. The van der Waals surface area contributed by atoms with E-state index in [0.29, 0.717) is 17.4 Å².